The molecule has 2 aromatic rings. The van der Waals surface area contributed by atoms with Gasteiger partial charge in [0.05, 0.1) is 25.7 Å². The van der Waals surface area contributed by atoms with Gasteiger partial charge in [0.15, 0.2) is 0 Å². The minimum Gasteiger partial charge on any atom is -0.497 e. The number of hydrogen-bond acceptors (Lipinski definition) is 5. The van der Waals surface area contributed by atoms with E-state index >= 15 is 0 Å². The predicted molar refractivity (Wildman–Crippen MR) is 83.3 cm³/mol. The summed E-state index contributed by atoms with van der Waals surface area (Å²) in [7, 11) is 3.35. The van der Waals surface area contributed by atoms with Crippen LogP contribution in [0.1, 0.15) is 5.76 Å². The van der Waals surface area contributed by atoms with Crippen molar-refractivity contribution >= 4 is 23.4 Å². The summed E-state index contributed by atoms with van der Waals surface area (Å²) in [4.78, 5) is 14.6. The van der Waals surface area contributed by atoms with E-state index in [0.717, 1.165) is 16.4 Å². The molecule has 0 bridgehead atoms. The third kappa shape index (κ3) is 4.19. The Labute approximate surface area is 128 Å². The fourth-order valence-electron chi connectivity index (χ4n) is 1.74. The van der Waals surface area contributed by atoms with E-state index in [4.69, 9.17) is 14.9 Å². The molecule has 2 N–H and O–H groups in total. The van der Waals surface area contributed by atoms with Crippen LogP contribution in [0.15, 0.2) is 45.9 Å². The van der Waals surface area contributed by atoms with E-state index in [1.165, 1.54) is 11.8 Å². The lowest BCUT2D eigenvalue weighted by Crippen LogP contribution is -2.27. The highest BCUT2D eigenvalue weighted by molar-refractivity contribution is 8.00. The number of rotatable bonds is 6. The summed E-state index contributed by atoms with van der Waals surface area (Å²) in [5.41, 5.74) is 6.54. The number of hydrogen-bond donors (Lipinski definition) is 1. The number of nitrogen functional groups attached to an aromatic ring is 1. The largest absolute Gasteiger partial charge is 0.497 e. The van der Waals surface area contributed by atoms with Crippen molar-refractivity contribution in [3.8, 4) is 5.75 Å². The molecule has 2 rings (SSSR count). The molecule has 0 aliphatic carbocycles. The number of nitrogens with zero attached hydrogens (tertiary/aromatic N) is 1. The van der Waals surface area contributed by atoms with Gasteiger partial charge >= 0.3 is 0 Å². The second kappa shape index (κ2) is 7.08. The van der Waals surface area contributed by atoms with Gasteiger partial charge in [0.2, 0.25) is 5.91 Å². The van der Waals surface area contributed by atoms with Crippen LogP contribution in [-0.4, -0.2) is 30.7 Å². The first-order valence-electron chi connectivity index (χ1n) is 6.43. The molecule has 5 nitrogen and oxygen atoms in total. The Balaban J connectivity index is 1.91. The number of thioether (sulfide) groups is 1. The number of ether oxygens (including phenoxy) is 1. The molecule has 6 heteroatoms. The first kappa shape index (κ1) is 15.3. The van der Waals surface area contributed by atoms with Crippen molar-refractivity contribution in [2.24, 2.45) is 0 Å². The molecule has 1 aromatic heterocycles. The Bertz CT molecular complexity index is 599. The second-order valence-electron chi connectivity index (χ2n) is 4.52. The lowest BCUT2D eigenvalue weighted by molar-refractivity contribution is -0.127. The smallest absolute Gasteiger partial charge is 0.233 e. The predicted octanol–water partition coefficient (Wildman–Crippen LogP) is 2.62. The molecule has 0 radical (unpaired) electrons. The van der Waals surface area contributed by atoms with Gasteiger partial charge in [-0.25, -0.2) is 0 Å². The number of benzene rings is 1. The quantitative estimate of drug-likeness (QED) is 0.656. The van der Waals surface area contributed by atoms with Gasteiger partial charge in [0.25, 0.3) is 0 Å². The Hall–Kier alpha value is -2.08. The van der Waals surface area contributed by atoms with E-state index in [0.29, 0.717) is 18.0 Å². The van der Waals surface area contributed by atoms with Crippen molar-refractivity contribution < 1.29 is 13.9 Å². The first-order chi connectivity index (χ1) is 10.1. The Morgan fingerprint density at radius 1 is 1.43 bits per heavy atom. The normalized spacial score (nSPS) is 10.4. The summed E-state index contributed by atoms with van der Waals surface area (Å²) >= 11 is 1.40. The molecule has 112 valence electrons. The number of methoxy groups -OCH3 is 1. The number of carbonyl (C=O) groups excluding carboxylic acids is 1. The van der Waals surface area contributed by atoms with Gasteiger partial charge in [-0.05, 0) is 30.3 Å². The molecular formula is C15H18N2O3S. The van der Waals surface area contributed by atoms with Crippen molar-refractivity contribution in [3.05, 3.63) is 42.4 Å². The van der Waals surface area contributed by atoms with Crippen molar-refractivity contribution in [2.45, 2.75) is 11.4 Å². The molecule has 1 aromatic carbocycles. The number of furan rings is 1. The monoisotopic (exact) mass is 306 g/mol. The molecule has 21 heavy (non-hydrogen) atoms. The van der Waals surface area contributed by atoms with E-state index in [2.05, 4.69) is 0 Å². The average molecular weight is 306 g/mol. The second-order valence-corrected chi connectivity index (χ2v) is 5.54. The van der Waals surface area contributed by atoms with E-state index < -0.39 is 0 Å². The molecule has 0 spiro atoms. The maximum atomic E-state index is 12.1. The third-order valence-electron chi connectivity index (χ3n) is 2.97. The molecule has 0 aliphatic rings. The van der Waals surface area contributed by atoms with Crippen LogP contribution in [0, 0.1) is 0 Å². The minimum absolute atomic E-state index is 0.0126. The Kier molecular flexibility index (Phi) is 5.16. The van der Waals surface area contributed by atoms with Gasteiger partial charge in [0.1, 0.15) is 11.5 Å². The van der Waals surface area contributed by atoms with Crippen molar-refractivity contribution in [1.82, 2.24) is 4.90 Å². The van der Waals surface area contributed by atoms with Crippen LogP contribution < -0.4 is 10.5 Å². The van der Waals surface area contributed by atoms with Gasteiger partial charge in [-0.3, -0.25) is 4.79 Å². The van der Waals surface area contributed by atoms with Crippen LogP contribution in [-0.2, 0) is 11.3 Å². The van der Waals surface area contributed by atoms with Gasteiger partial charge in [-0.1, -0.05) is 0 Å². The molecule has 0 saturated heterocycles. The van der Waals surface area contributed by atoms with Crippen molar-refractivity contribution in [3.63, 3.8) is 0 Å². The molecule has 0 unspecified atom stereocenters. The average Bonchev–Trinajstić information content (AvgIpc) is 2.99. The van der Waals surface area contributed by atoms with Gasteiger partial charge in [-0.2, -0.15) is 0 Å². The van der Waals surface area contributed by atoms with Crippen LogP contribution in [0.4, 0.5) is 5.69 Å². The minimum atomic E-state index is 0.0126. The maximum Gasteiger partial charge on any atom is 0.233 e. The van der Waals surface area contributed by atoms with Crippen molar-refractivity contribution in [1.29, 1.82) is 0 Å². The summed E-state index contributed by atoms with van der Waals surface area (Å²) in [6, 6.07) is 9.05. The zero-order valence-corrected chi connectivity index (χ0v) is 12.9. The summed E-state index contributed by atoms with van der Waals surface area (Å²) in [6.07, 6.45) is 1.60. The van der Waals surface area contributed by atoms with Gasteiger partial charge in [-0.15, -0.1) is 11.8 Å². The van der Waals surface area contributed by atoms with E-state index in [-0.39, 0.29) is 5.91 Å². The summed E-state index contributed by atoms with van der Waals surface area (Å²) in [5.74, 6) is 1.81. The Morgan fingerprint density at radius 3 is 2.90 bits per heavy atom. The molecule has 0 atom stereocenters. The fourth-order valence-corrected chi connectivity index (χ4v) is 2.67. The fraction of sp³-hybridized carbons (Fsp3) is 0.267. The highest BCUT2D eigenvalue weighted by Crippen LogP contribution is 2.29. The summed E-state index contributed by atoms with van der Waals surface area (Å²) in [6.45, 7) is 0.458. The lowest BCUT2D eigenvalue weighted by Gasteiger charge is -2.16. The van der Waals surface area contributed by atoms with Crippen LogP contribution in [0.3, 0.4) is 0 Å². The molecule has 0 aliphatic heterocycles. The van der Waals surface area contributed by atoms with Crippen LogP contribution in [0.5, 0.6) is 5.75 Å². The zero-order valence-electron chi connectivity index (χ0n) is 12.0. The molecule has 1 heterocycles. The van der Waals surface area contributed by atoms with E-state index in [1.807, 2.05) is 12.1 Å². The van der Waals surface area contributed by atoms with Gasteiger partial charge in [0, 0.05) is 17.6 Å². The summed E-state index contributed by atoms with van der Waals surface area (Å²) in [5, 5.41) is 0. The number of anilines is 1. The van der Waals surface area contributed by atoms with Crippen molar-refractivity contribution in [2.75, 3.05) is 25.6 Å². The number of nitrogens with two attached hydrogens (primary N) is 1. The number of amides is 1. The lowest BCUT2D eigenvalue weighted by atomic mass is 10.3. The standard InChI is InChI=1S/C15H18N2O3S/c1-17(9-12-4-3-7-20-12)15(18)10-21-14-8-11(19-2)5-6-13(14)16/h3-8H,9-10,16H2,1-2H3. The molecule has 0 saturated carbocycles. The van der Waals surface area contributed by atoms with Gasteiger partial charge < -0.3 is 19.8 Å². The third-order valence-corrected chi connectivity index (χ3v) is 4.03. The zero-order chi connectivity index (χ0) is 15.2. The molecule has 1 amide bonds. The van der Waals surface area contributed by atoms with Crippen LogP contribution >= 0.6 is 11.8 Å². The maximum absolute atomic E-state index is 12.1. The topological polar surface area (TPSA) is 68.7 Å². The highest BCUT2D eigenvalue weighted by Gasteiger charge is 2.12. The van der Waals surface area contributed by atoms with E-state index in [1.54, 1.807) is 43.5 Å². The number of carbonyl (C=O) groups is 1. The molecule has 0 fully saturated rings. The Morgan fingerprint density at radius 2 is 2.24 bits per heavy atom. The van der Waals surface area contributed by atoms with Crippen LogP contribution in [0.2, 0.25) is 0 Å². The first-order valence-corrected chi connectivity index (χ1v) is 7.41. The van der Waals surface area contributed by atoms with Crippen LogP contribution in [0.25, 0.3) is 0 Å². The SMILES string of the molecule is COc1ccc(N)c(SCC(=O)N(C)Cc2ccco2)c1. The summed E-state index contributed by atoms with van der Waals surface area (Å²) < 4.78 is 10.4. The van der Waals surface area contributed by atoms with E-state index in [9.17, 15) is 4.79 Å². The molecular weight excluding hydrogens is 288 g/mol. The highest BCUT2D eigenvalue weighted by atomic mass is 32.2.